The Labute approximate surface area is 157 Å². The van der Waals surface area contributed by atoms with Gasteiger partial charge in [-0.3, -0.25) is 9.88 Å². The molecule has 2 aliphatic heterocycles. The Bertz CT molecular complexity index is 835. The van der Waals surface area contributed by atoms with E-state index in [0.29, 0.717) is 38.6 Å². The molecule has 7 nitrogen and oxygen atoms in total. The van der Waals surface area contributed by atoms with Gasteiger partial charge >= 0.3 is 0 Å². The number of pyridine rings is 1. The molecule has 1 fully saturated rings. The number of fused-ring (bicyclic) bond motifs is 1. The van der Waals surface area contributed by atoms with Gasteiger partial charge in [0, 0.05) is 37.3 Å². The number of sulfonamides is 1. The van der Waals surface area contributed by atoms with Crippen LogP contribution in [-0.2, 0) is 21.3 Å². The third-order valence-corrected chi connectivity index (χ3v) is 7.22. The van der Waals surface area contributed by atoms with Crippen LogP contribution in [0.3, 0.4) is 0 Å². The van der Waals surface area contributed by atoms with Gasteiger partial charge in [0.25, 0.3) is 0 Å². The maximum atomic E-state index is 13.2. The van der Waals surface area contributed by atoms with E-state index < -0.39 is 10.0 Å². The zero-order chi connectivity index (χ0) is 18.0. The number of hydrogen-bond acceptors (Lipinski definition) is 7. The van der Waals surface area contributed by atoms with E-state index in [9.17, 15) is 8.42 Å². The lowest BCUT2D eigenvalue weighted by Crippen LogP contribution is -2.46. The van der Waals surface area contributed by atoms with Crippen molar-refractivity contribution in [2.24, 2.45) is 0 Å². The van der Waals surface area contributed by atoms with Gasteiger partial charge in [-0.2, -0.15) is 4.31 Å². The minimum Gasteiger partial charge on any atom is -0.486 e. The van der Waals surface area contributed by atoms with Crippen LogP contribution < -0.4 is 4.74 Å². The highest BCUT2D eigenvalue weighted by molar-refractivity contribution is 7.89. The molecule has 0 N–H and O–H groups in total. The zero-order valence-electron chi connectivity index (χ0n) is 14.3. The number of hydrogen-bond donors (Lipinski definition) is 0. The quantitative estimate of drug-likeness (QED) is 0.780. The number of morpholine rings is 1. The Morgan fingerprint density at radius 3 is 2.88 bits per heavy atom. The van der Waals surface area contributed by atoms with Crippen LogP contribution >= 0.6 is 11.3 Å². The largest absolute Gasteiger partial charge is 0.486 e. The predicted octanol–water partition coefficient (Wildman–Crippen LogP) is 1.43. The molecule has 9 heteroatoms. The van der Waals surface area contributed by atoms with Gasteiger partial charge in [0.2, 0.25) is 10.0 Å². The molecule has 2 aliphatic rings. The first-order valence-electron chi connectivity index (χ1n) is 8.56. The van der Waals surface area contributed by atoms with Crippen LogP contribution in [0.5, 0.6) is 5.75 Å². The second-order valence-corrected chi connectivity index (χ2v) is 9.29. The molecule has 26 heavy (non-hydrogen) atoms. The van der Waals surface area contributed by atoms with E-state index >= 15 is 0 Å². The van der Waals surface area contributed by atoms with E-state index in [1.165, 1.54) is 10.5 Å². The van der Waals surface area contributed by atoms with Gasteiger partial charge < -0.3 is 9.47 Å². The molecule has 0 aliphatic carbocycles. The summed E-state index contributed by atoms with van der Waals surface area (Å²) in [5, 5.41) is 1.96. The first-order valence-corrected chi connectivity index (χ1v) is 10.9. The Balaban J connectivity index is 1.63. The molecule has 1 saturated heterocycles. The van der Waals surface area contributed by atoms with Crippen LogP contribution in [0.25, 0.3) is 0 Å². The van der Waals surface area contributed by atoms with Crippen LogP contribution in [0.15, 0.2) is 40.9 Å². The Morgan fingerprint density at radius 1 is 1.27 bits per heavy atom. The van der Waals surface area contributed by atoms with Gasteiger partial charge in [0.1, 0.15) is 16.7 Å². The molecular formula is C17H21N3O4S2. The highest BCUT2D eigenvalue weighted by Crippen LogP contribution is 2.31. The van der Waals surface area contributed by atoms with Crippen LogP contribution in [-0.4, -0.2) is 68.1 Å². The van der Waals surface area contributed by atoms with Gasteiger partial charge in [-0.25, -0.2) is 8.42 Å². The first-order chi connectivity index (χ1) is 12.6. The molecule has 4 rings (SSSR count). The summed E-state index contributed by atoms with van der Waals surface area (Å²) < 4.78 is 39.3. The molecule has 2 aromatic heterocycles. The smallest absolute Gasteiger partial charge is 0.248 e. The number of thiophene rings is 1. The fourth-order valence-corrected chi connectivity index (χ4v) is 5.55. The molecule has 0 spiro atoms. The summed E-state index contributed by atoms with van der Waals surface area (Å²) in [6, 6.07) is 5.52. The predicted molar refractivity (Wildman–Crippen MR) is 97.8 cm³/mol. The van der Waals surface area contributed by atoms with Gasteiger partial charge in [0.15, 0.2) is 0 Å². The lowest BCUT2D eigenvalue weighted by atomic mass is 10.2. The summed E-state index contributed by atoms with van der Waals surface area (Å²) in [5.74, 6) is 0.381. The summed E-state index contributed by atoms with van der Waals surface area (Å²) in [4.78, 5) is 7.40. The Morgan fingerprint density at radius 2 is 2.12 bits per heavy atom. The van der Waals surface area contributed by atoms with Crippen molar-refractivity contribution >= 4 is 21.4 Å². The summed E-state index contributed by atoms with van der Waals surface area (Å²) in [6.07, 6.45) is 2.70. The van der Waals surface area contributed by atoms with Gasteiger partial charge in [-0.1, -0.05) is 6.07 Å². The lowest BCUT2D eigenvalue weighted by molar-refractivity contribution is 0.0168. The molecular weight excluding hydrogens is 374 g/mol. The number of rotatable bonds is 4. The van der Waals surface area contributed by atoms with Crippen LogP contribution in [0.2, 0.25) is 0 Å². The fraction of sp³-hybridized carbons (Fsp3) is 0.471. The minimum absolute atomic E-state index is 0.140. The van der Waals surface area contributed by atoms with Crippen molar-refractivity contribution < 1.29 is 17.9 Å². The average Bonchev–Trinajstić information content (AvgIpc) is 3.12. The van der Waals surface area contributed by atoms with Crippen LogP contribution in [0.1, 0.15) is 4.88 Å². The van der Waals surface area contributed by atoms with E-state index in [-0.39, 0.29) is 11.0 Å². The maximum Gasteiger partial charge on any atom is 0.248 e. The SMILES string of the molecule is O=S1(=O)c2cnccc2OC(CN2CCOCC2)CN1Cc1cccs1. The molecule has 0 radical (unpaired) electrons. The first kappa shape index (κ1) is 17.9. The van der Waals surface area contributed by atoms with Crippen molar-refractivity contribution in [1.82, 2.24) is 14.2 Å². The average molecular weight is 396 g/mol. The van der Waals surface area contributed by atoms with Crippen LogP contribution in [0.4, 0.5) is 0 Å². The maximum absolute atomic E-state index is 13.2. The van der Waals surface area contributed by atoms with E-state index in [4.69, 9.17) is 9.47 Å². The highest BCUT2D eigenvalue weighted by Gasteiger charge is 2.36. The summed E-state index contributed by atoms with van der Waals surface area (Å²) >= 11 is 1.55. The second kappa shape index (κ2) is 7.61. The lowest BCUT2D eigenvalue weighted by Gasteiger charge is -2.31. The molecule has 1 atom stereocenters. The molecule has 0 saturated carbocycles. The molecule has 0 amide bonds. The second-order valence-electron chi connectivity index (χ2n) is 6.35. The van der Waals surface area contributed by atoms with E-state index in [0.717, 1.165) is 18.0 Å². The molecule has 4 heterocycles. The van der Waals surface area contributed by atoms with Gasteiger partial charge in [-0.05, 0) is 17.5 Å². The Hall–Kier alpha value is -1.52. The van der Waals surface area contributed by atoms with Crippen molar-refractivity contribution in [3.8, 4) is 5.75 Å². The van der Waals surface area contributed by atoms with E-state index in [2.05, 4.69) is 9.88 Å². The van der Waals surface area contributed by atoms with E-state index in [1.807, 2.05) is 17.5 Å². The molecule has 1 unspecified atom stereocenters. The summed E-state index contributed by atoms with van der Waals surface area (Å²) in [5.41, 5.74) is 0. The van der Waals surface area contributed by atoms with Gasteiger partial charge in [-0.15, -0.1) is 11.3 Å². The van der Waals surface area contributed by atoms with E-state index in [1.54, 1.807) is 23.6 Å². The van der Waals surface area contributed by atoms with Crippen molar-refractivity contribution in [1.29, 1.82) is 0 Å². The molecule has 2 aromatic rings. The monoisotopic (exact) mass is 395 g/mol. The number of nitrogens with zero attached hydrogens (tertiary/aromatic N) is 3. The summed E-state index contributed by atoms with van der Waals surface area (Å²) in [7, 11) is -3.66. The van der Waals surface area contributed by atoms with Crippen LogP contribution in [0, 0.1) is 0 Å². The third kappa shape index (κ3) is 3.77. The highest BCUT2D eigenvalue weighted by atomic mass is 32.2. The van der Waals surface area contributed by atoms with Gasteiger partial charge in [0.05, 0.1) is 26.0 Å². The Kier molecular flexibility index (Phi) is 5.23. The van der Waals surface area contributed by atoms with Crippen molar-refractivity contribution in [3.05, 3.63) is 40.8 Å². The number of ether oxygens (including phenoxy) is 2. The van der Waals surface area contributed by atoms with Crippen molar-refractivity contribution in [2.45, 2.75) is 17.5 Å². The number of aromatic nitrogens is 1. The van der Waals surface area contributed by atoms with Crippen molar-refractivity contribution in [3.63, 3.8) is 0 Å². The third-order valence-electron chi connectivity index (χ3n) is 4.54. The molecule has 0 bridgehead atoms. The fourth-order valence-electron chi connectivity index (χ4n) is 3.23. The zero-order valence-corrected chi connectivity index (χ0v) is 15.9. The standard InChI is InChI=1S/C17H21N3O4S2/c21-26(22)17-10-18-4-3-16(17)24-14(11-19-5-7-23-8-6-19)12-20(26)13-15-2-1-9-25-15/h1-4,9-10,14H,5-8,11-13H2. The topological polar surface area (TPSA) is 72.0 Å². The molecule has 0 aromatic carbocycles. The summed E-state index contributed by atoms with van der Waals surface area (Å²) in [6.45, 7) is 4.39. The molecule has 140 valence electrons. The minimum atomic E-state index is -3.66. The van der Waals surface area contributed by atoms with Crippen molar-refractivity contribution in [2.75, 3.05) is 39.4 Å². The normalized spacial score (nSPS) is 23.8.